The van der Waals surface area contributed by atoms with Crippen molar-refractivity contribution in [3.05, 3.63) is 93.7 Å². The normalized spacial score (nSPS) is 12.1. The third-order valence-electron chi connectivity index (χ3n) is 6.05. The zero-order valence-electron chi connectivity index (χ0n) is 21.8. The highest BCUT2D eigenvalue weighted by Gasteiger charge is 2.33. The van der Waals surface area contributed by atoms with Gasteiger partial charge in [-0.25, -0.2) is 12.8 Å². The van der Waals surface area contributed by atoms with Crippen LogP contribution < -0.4 is 9.62 Å². The maximum atomic E-state index is 13.8. The third kappa shape index (κ3) is 7.71. The molecule has 0 aliphatic rings. The lowest BCUT2D eigenvalue weighted by Crippen LogP contribution is -2.51. The first kappa shape index (κ1) is 30.4. The van der Waals surface area contributed by atoms with E-state index in [-0.39, 0.29) is 27.2 Å². The zero-order chi connectivity index (χ0) is 28.7. The molecular formula is C28H30Cl2FN3O4S. The molecule has 7 nitrogen and oxygen atoms in total. The number of halogens is 3. The SMILES string of the molecule is CCCNC(=O)[C@@H](C)N(Cc1ccc(F)cc1)C(=O)CN(c1cc(Cl)ccc1Cl)S(=O)(=O)c1ccc(C)cc1. The maximum Gasteiger partial charge on any atom is 0.264 e. The molecule has 2 amide bonds. The summed E-state index contributed by atoms with van der Waals surface area (Å²) in [5.41, 5.74) is 1.44. The van der Waals surface area contributed by atoms with Crippen molar-refractivity contribution in [1.82, 2.24) is 10.2 Å². The molecule has 0 aliphatic carbocycles. The monoisotopic (exact) mass is 593 g/mol. The van der Waals surface area contributed by atoms with Crippen LogP contribution in [0.3, 0.4) is 0 Å². The summed E-state index contributed by atoms with van der Waals surface area (Å²) in [5.74, 6) is -1.51. The Morgan fingerprint density at radius 3 is 2.26 bits per heavy atom. The number of hydrogen-bond donors (Lipinski definition) is 1. The van der Waals surface area contributed by atoms with Crippen LogP contribution in [0.4, 0.5) is 10.1 Å². The molecule has 3 rings (SSSR count). The number of carbonyl (C=O) groups excluding carboxylic acids is 2. The van der Waals surface area contributed by atoms with Gasteiger partial charge in [0.1, 0.15) is 18.4 Å². The van der Waals surface area contributed by atoms with E-state index in [1.165, 1.54) is 59.5 Å². The van der Waals surface area contributed by atoms with Crippen molar-refractivity contribution in [3.63, 3.8) is 0 Å². The average Bonchev–Trinajstić information content (AvgIpc) is 2.91. The first-order chi connectivity index (χ1) is 18.4. The van der Waals surface area contributed by atoms with Crippen LogP contribution >= 0.6 is 23.2 Å². The number of benzene rings is 3. The number of amides is 2. The average molecular weight is 595 g/mol. The summed E-state index contributed by atoms with van der Waals surface area (Å²) in [5, 5.41) is 3.06. The van der Waals surface area contributed by atoms with Gasteiger partial charge in [0.15, 0.2) is 0 Å². The number of anilines is 1. The van der Waals surface area contributed by atoms with Crippen LogP contribution in [0.25, 0.3) is 0 Å². The van der Waals surface area contributed by atoms with Gasteiger partial charge in [-0.15, -0.1) is 0 Å². The Labute approximate surface area is 238 Å². The van der Waals surface area contributed by atoms with Gasteiger partial charge in [0, 0.05) is 18.1 Å². The van der Waals surface area contributed by atoms with Crippen molar-refractivity contribution in [2.24, 2.45) is 0 Å². The number of carbonyl (C=O) groups is 2. The largest absolute Gasteiger partial charge is 0.354 e. The summed E-state index contributed by atoms with van der Waals surface area (Å²) in [7, 11) is -4.28. The van der Waals surface area contributed by atoms with Crippen molar-refractivity contribution < 1.29 is 22.4 Å². The first-order valence-electron chi connectivity index (χ1n) is 12.3. The van der Waals surface area contributed by atoms with E-state index in [0.29, 0.717) is 18.5 Å². The quantitative estimate of drug-likeness (QED) is 0.314. The predicted octanol–water partition coefficient (Wildman–Crippen LogP) is 5.58. The minimum Gasteiger partial charge on any atom is -0.354 e. The van der Waals surface area contributed by atoms with E-state index >= 15 is 0 Å². The van der Waals surface area contributed by atoms with Gasteiger partial charge in [-0.3, -0.25) is 13.9 Å². The van der Waals surface area contributed by atoms with E-state index in [2.05, 4.69) is 5.32 Å². The Balaban J connectivity index is 2.05. The Hall–Kier alpha value is -3.14. The molecule has 0 fully saturated rings. The molecule has 1 atom stereocenters. The van der Waals surface area contributed by atoms with Crippen LogP contribution in [-0.2, 0) is 26.2 Å². The molecule has 0 heterocycles. The summed E-state index contributed by atoms with van der Waals surface area (Å²) >= 11 is 12.6. The highest BCUT2D eigenvalue weighted by Crippen LogP contribution is 2.33. The smallest absolute Gasteiger partial charge is 0.264 e. The minimum atomic E-state index is -4.28. The highest BCUT2D eigenvalue weighted by atomic mass is 35.5. The molecular weight excluding hydrogens is 564 g/mol. The number of sulfonamides is 1. The van der Waals surface area contributed by atoms with Crippen molar-refractivity contribution in [3.8, 4) is 0 Å². The van der Waals surface area contributed by atoms with Crippen molar-refractivity contribution >= 4 is 50.7 Å². The van der Waals surface area contributed by atoms with Gasteiger partial charge < -0.3 is 10.2 Å². The van der Waals surface area contributed by atoms with E-state index in [1.807, 2.05) is 13.8 Å². The Kier molecular flexibility index (Phi) is 10.4. The molecule has 3 aromatic rings. The lowest BCUT2D eigenvalue weighted by Gasteiger charge is -2.32. The third-order valence-corrected chi connectivity index (χ3v) is 8.38. The predicted molar refractivity (Wildman–Crippen MR) is 152 cm³/mol. The van der Waals surface area contributed by atoms with Gasteiger partial charge in [0.05, 0.1) is 15.6 Å². The molecule has 208 valence electrons. The number of nitrogens with zero attached hydrogens (tertiary/aromatic N) is 2. The van der Waals surface area contributed by atoms with E-state index in [0.717, 1.165) is 9.87 Å². The van der Waals surface area contributed by atoms with E-state index in [1.54, 1.807) is 19.1 Å². The summed E-state index contributed by atoms with van der Waals surface area (Å²) in [6.07, 6.45) is 0.695. The first-order valence-corrected chi connectivity index (χ1v) is 14.5. The summed E-state index contributed by atoms with van der Waals surface area (Å²) < 4.78 is 42.1. The topological polar surface area (TPSA) is 86.8 Å². The van der Waals surface area contributed by atoms with Crippen LogP contribution in [0.2, 0.25) is 10.0 Å². The van der Waals surface area contributed by atoms with Crippen LogP contribution in [-0.4, -0.2) is 44.3 Å². The number of nitrogens with one attached hydrogen (secondary N) is 1. The fraction of sp³-hybridized carbons (Fsp3) is 0.286. The van der Waals surface area contributed by atoms with Crippen molar-refractivity contribution in [1.29, 1.82) is 0 Å². The van der Waals surface area contributed by atoms with Crippen molar-refractivity contribution in [2.45, 2.75) is 44.7 Å². The second kappa shape index (κ2) is 13.3. The van der Waals surface area contributed by atoms with Crippen LogP contribution in [0.1, 0.15) is 31.4 Å². The highest BCUT2D eigenvalue weighted by molar-refractivity contribution is 7.92. The van der Waals surface area contributed by atoms with Gasteiger partial charge in [-0.2, -0.15) is 0 Å². The number of hydrogen-bond acceptors (Lipinski definition) is 4. The van der Waals surface area contributed by atoms with Gasteiger partial charge >= 0.3 is 0 Å². The molecule has 0 saturated carbocycles. The van der Waals surface area contributed by atoms with Crippen LogP contribution in [0.5, 0.6) is 0 Å². The molecule has 0 radical (unpaired) electrons. The van der Waals surface area contributed by atoms with Gasteiger partial charge in [0.2, 0.25) is 11.8 Å². The van der Waals surface area contributed by atoms with E-state index in [4.69, 9.17) is 23.2 Å². The molecule has 0 spiro atoms. The lowest BCUT2D eigenvalue weighted by atomic mass is 10.1. The molecule has 3 aromatic carbocycles. The minimum absolute atomic E-state index is 0.0166. The molecule has 1 N–H and O–H groups in total. The standard InChI is InChI=1S/C28H30Cl2FN3O4S/c1-4-15-32-28(36)20(3)33(17-21-7-10-23(31)11-8-21)27(35)18-34(26-16-22(29)9-14-25(26)30)39(37,38)24-12-5-19(2)6-13-24/h5-14,16,20H,4,15,17-18H2,1-3H3,(H,32,36)/t20-/m1/s1. The fourth-order valence-corrected chi connectivity index (χ4v) is 5.65. The lowest BCUT2D eigenvalue weighted by molar-refractivity contribution is -0.139. The summed E-state index contributed by atoms with van der Waals surface area (Å²) in [4.78, 5) is 27.9. The summed E-state index contributed by atoms with van der Waals surface area (Å²) in [6, 6.07) is 15.0. The van der Waals surface area contributed by atoms with Gasteiger partial charge in [0.25, 0.3) is 10.0 Å². The fourth-order valence-electron chi connectivity index (χ4n) is 3.79. The zero-order valence-corrected chi connectivity index (χ0v) is 24.2. The molecule has 0 bridgehead atoms. The second-order valence-electron chi connectivity index (χ2n) is 9.04. The number of rotatable bonds is 11. The number of aryl methyl sites for hydroxylation is 1. The van der Waals surface area contributed by atoms with E-state index in [9.17, 15) is 22.4 Å². The van der Waals surface area contributed by atoms with Crippen LogP contribution in [0, 0.1) is 12.7 Å². The molecule has 11 heteroatoms. The summed E-state index contributed by atoms with van der Waals surface area (Å²) in [6.45, 7) is 4.97. The Bertz CT molecular complexity index is 1420. The van der Waals surface area contributed by atoms with Crippen molar-refractivity contribution in [2.75, 3.05) is 17.4 Å². The van der Waals surface area contributed by atoms with Gasteiger partial charge in [-0.05, 0) is 68.3 Å². The Morgan fingerprint density at radius 1 is 1.00 bits per heavy atom. The molecule has 39 heavy (non-hydrogen) atoms. The molecule has 0 aliphatic heterocycles. The Morgan fingerprint density at radius 2 is 1.64 bits per heavy atom. The van der Waals surface area contributed by atoms with E-state index < -0.39 is 40.2 Å². The molecule has 0 saturated heterocycles. The maximum absolute atomic E-state index is 13.8. The molecule has 0 unspecified atom stereocenters. The van der Waals surface area contributed by atoms with Gasteiger partial charge in [-0.1, -0.05) is 60.0 Å². The second-order valence-corrected chi connectivity index (χ2v) is 11.7. The van der Waals surface area contributed by atoms with Crippen LogP contribution in [0.15, 0.2) is 71.6 Å². The molecule has 0 aromatic heterocycles.